The zero-order valence-corrected chi connectivity index (χ0v) is 10.1. The van der Waals surface area contributed by atoms with Crippen LogP contribution in [0.4, 0.5) is 24.5 Å². The topological polar surface area (TPSA) is 55.2 Å². The van der Waals surface area contributed by atoms with Crippen LogP contribution in [0.15, 0.2) is 36.4 Å². The minimum absolute atomic E-state index is 0.0666. The third kappa shape index (κ3) is 3.05. The second-order valence-electron chi connectivity index (χ2n) is 4.01. The fourth-order valence-electron chi connectivity index (χ4n) is 1.64. The Morgan fingerprint density at radius 3 is 2.45 bits per heavy atom. The molecule has 2 aromatic carbocycles. The summed E-state index contributed by atoms with van der Waals surface area (Å²) in [6.07, 6.45) is 0. The molecule has 0 saturated carbocycles. The summed E-state index contributed by atoms with van der Waals surface area (Å²) in [6, 6.07) is 6.19. The van der Waals surface area contributed by atoms with E-state index in [4.69, 9.17) is 0 Å². The van der Waals surface area contributed by atoms with Gasteiger partial charge in [0, 0.05) is 23.9 Å². The van der Waals surface area contributed by atoms with Gasteiger partial charge in [0.1, 0.15) is 11.6 Å². The first-order chi connectivity index (χ1) is 9.47. The minimum atomic E-state index is -0.961. The summed E-state index contributed by atoms with van der Waals surface area (Å²) in [5.41, 5.74) is -0.381. The van der Waals surface area contributed by atoms with Gasteiger partial charge in [0.2, 0.25) is 5.82 Å². The number of anilines is 1. The molecule has 2 rings (SSSR count). The zero-order chi connectivity index (χ0) is 14.7. The van der Waals surface area contributed by atoms with E-state index in [1.165, 1.54) is 6.07 Å². The van der Waals surface area contributed by atoms with E-state index < -0.39 is 28.1 Å². The van der Waals surface area contributed by atoms with Crippen molar-refractivity contribution in [1.82, 2.24) is 0 Å². The molecule has 0 spiro atoms. The van der Waals surface area contributed by atoms with Crippen LogP contribution in [-0.4, -0.2) is 4.92 Å². The van der Waals surface area contributed by atoms with Crippen molar-refractivity contribution in [1.29, 1.82) is 0 Å². The number of benzene rings is 2. The summed E-state index contributed by atoms with van der Waals surface area (Å²) in [5, 5.41) is 13.2. The van der Waals surface area contributed by atoms with Gasteiger partial charge >= 0.3 is 5.69 Å². The lowest BCUT2D eigenvalue weighted by Crippen LogP contribution is -2.03. The Hall–Kier alpha value is -2.57. The molecule has 0 radical (unpaired) electrons. The highest BCUT2D eigenvalue weighted by atomic mass is 19.1. The maximum Gasteiger partial charge on any atom is 0.306 e. The van der Waals surface area contributed by atoms with Crippen molar-refractivity contribution in [3.05, 3.63) is 69.5 Å². The predicted molar refractivity (Wildman–Crippen MR) is 66.7 cm³/mol. The Balaban J connectivity index is 2.17. The predicted octanol–water partition coefficient (Wildman–Crippen LogP) is 3.62. The molecule has 0 fully saturated rings. The third-order valence-electron chi connectivity index (χ3n) is 2.63. The van der Waals surface area contributed by atoms with Crippen LogP contribution in [0.3, 0.4) is 0 Å². The normalized spacial score (nSPS) is 10.3. The molecule has 1 N–H and O–H groups in total. The first-order valence-corrected chi connectivity index (χ1v) is 5.59. The van der Waals surface area contributed by atoms with Gasteiger partial charge < -0.3 is 5.32 Å². The molecule has 0 aliphatic carbocycles. The molecule has 2 aromatic rings. The van der Waals surface area contributed by atoms with Crippen molar-refractivity contribution in [2.75, 3.05) is 5.32 Å². The fraction of sp³-hybridized carbons (Fsp3) is 0.0769. The van der Waals surface area contributed by atoms with Crippen LogP contribution in [-0.2, 0) is 6.54 Å². The Labute approximate surface area is 112 Å². The van der Waals surface area contributed by atoms with Gasteiger partial charge in [-0.15, -0.1) is 0 Å². The lowest BCUT2D eigenvalue weighted by molar-refractivity contribution is -0.387. The zero-order valence-electron chi connectivity index (χ0n) is 10.1. The van der Waals surface area contributed by atoms with Crippen LogP contribution in [0.5, 0.6) is 0 Å². The van der Waals surface area contributed by atoms with Crippen molar-refractivity contribution in [2.45, 2.75) is 6.54 Å². The van der Waals surface area contributed by atoms with E-state index in [0.717, 1.165) is 30.3 Å². The highest BCUT2D eigenvalue weighted by Gasteiger charge is 2.14. The van der Waals surface area contributed by atoms with Crippen molar-refractivity contribution in [3.8, 4) is 0 Å². The van der Waals surface area contributed by atoms with E-state index in [1.807, 2.05) is 0 Å². The van der Waals surface area contributed by atoms with Gasteiger partial charge in [-0.05, 0) is 30.3 Å². The smallest absolute Gasteiger partial charge is 0.306 e. The molecular weight excluding hydrogens is 273 g/mol. The maximum atomic E-state index is 13.4. The van der Waals surface area contributed by atoms with Gasteiger partial charge in [0.05, 0.1) is 4.92 Å². The molecule has 4 nitrogen and oxygen atoms in total. The quantitative estimate of drug-likeness (QED) is 0.688. The fourth-order valence-corrected chi connectivity index (χ4v) is 1.64. The van der Waals surface area contributed by atoms with E-state index in [2.05, 4.69) is 5.32 Å². The van der Waals surface area contributed by atoms with Crippen LogP contribution >= 0.6 is 0 Å². The summed E-state index contributed by atoms with van der Waals surface area (Å²) < 4.78 is 39.5. The number of hydrogen-bond acceptors (Lipinski definition) is 3. The molecule has 7 heteroatoms. The molecule has 0 aliphatic rings. The van der Waals surface area contributed by atoms with Crippen molar-refractivity contribution in [2.24, 2.45) is 0 Å². The molecular formula is C13H9F3N2O2. The maximum absolute atomic E-state index is 13.4. The minimum Gasteiger partial charge on any atom is -0.381 e. The lowest BCUT2D eigenvalue weighted by Gasteiger charge is -2.07. The molecule has 0 heterocycles. The van der Waals surface area contributed by atoms with E-state index in [9.17, 15) is 23.3 Å². The van der Waals surface area contributed by atoms with Crippen molar-refractivity contribution >= 4 is 11.4 Å². The van der Waals surface area contributed by atoms with Gasteiger partial charge in [-0.25, -0.2) is 8.78 Å². The number of nitro groups is 1. The number of nitrogens with one attached hydrogen (secondary N) is 1. The summed E-state index contributed by atoms with van der Waals surface area (Å²) in [7, 11) is 0. The molecule has 0 atom stereocenters. The highest BCUT2D eigenvalue weighted by molar-refractivity contribution is 5.52. The standard InChI is InChI=1S/C13H9F3N2O2/c14-9-1-3-11(15)8(5-9)7-17-10-2-4-12(16)13(6-10)18(19)20/h1-6,17H,7H2. The Kier molecular flexibility index (Phi) is 3.88. The van der Waals surface area contributed by atoms with Crippen molar-refractivity contribution in [3.63, 3.8) is 0 Å². The summed E-state index contributed by atoms with van der Waals surface area (Å²) in [6.45, 7) is -0.0770. The lowest BCUT2D eigenvalue weighted by atomic mass is 10.2. The van der Waals surface area contributed by atoms with Crippen LogP contribution in [0.2, 0.25) is 0 Å². The second kappa shape index (κ2) is 5.60. The van der Waals surface area contributed by atoms with Crippen LogP contribution < -0.4 is 5.32 Å². The van der Waals surface area contributed by atoms with E-state index in [0.29, 0.717) is 0 Å². The number of halogens is 3. The largest absolute Gasteiger partial charge is 0.381 e. The molecule has 0 bridgehead atoms. The monoisotopic (exact) mass is 282 g/mol. The van der Waals surface area contributed by atoms with E-state index in [1.54, 1.807) is 0 Å². The van der Waals surface area contributed by atoms with Crippen LogP contribution in [0.25, 0.3) is 0 Å². The van der Waals surface area contributed by atoms with Gasteiger partial charge in [-0.2, -0.15) is 4.39 Å². The number of hydrogen-bond donors (Lipinski definition) is 1. The molecule has 0 aliphatic heterocycles. The van der Waals surface area contributed by atoms with E-state index in [-0.39, 0.29) is 17.8 Å². The van der Waals surface area contributed by atoms with Crippen LogP contribution in [0, 0.1) is 27.6 Å². The van der Waals surface area contributed by atoms with Gasteiger partial charge in [-0.1, -0.05) is 0 Å². The Morgan fingerprint density at radius 1 is 1.05 bits per heavy atom. The molecule has 0 unspecified atom stereocenters. The summed E-state index contributed by atoms with van der Waals surface area (Å²) >= 11 is 0. The number of nitro benzene ring substituents is 1. The first-order valence-electron chi connectivity index (χ1n) is 5.59. The van der Waals surface area contributed by atoms with Crippen molar-refractivity contribution < 1.29 is 18.1 Å². The highest BCUT2D eigenvalue weighted by Crippen LogP contribution is 2.22. The summed E-state index contributed by atoms with van der Waals surface area (Å²) in [4.78, 5) is 9.72. The van der Waals surface area contributed by atoms with Gasteiger partial charge in [0.25, 0.3) is 0 Å². The summed E-state index contributed by atoms with van der Waals surface area (Å²) in [5.74, 6) is -2.15. The average Bonchev–Trinajstić information content (AvgIpc) is 2.41. The first kappa shape index (κ1) is 13.9. The van der Waals surface area contributed by atoms with Gasteiger partial charge in [0.15, 0.2) is 0 Å². The average molecular weight is 282 g/mol. The number of rotatable bonds is 4. The Morgan fingerprint density at radius 2 is 1.75 bits per heavy atom. The molecule has 20 heavy (non-hydrogen) atoms. The van der Waals surface area contributed by atoms with Gasteiger partial charge in [-0.3, -0.25) is 10.1 Å². The van der Waals surface area contributed by atoms with Crippen LogP contribution in [0.1, 0.15) is 5.56 Å². The van der Waals surface area contributed by atoms with E-state index >= 15 is 0 Å². The molecule has 0 saturated heterocycles. The molecule has 104 valence electrons. The second-order valence-corrected chi connectivity index (χ2v) is 4.01. The Bertz CT molecular complexity index is 662. The molecule has 0 amide bonds. The number of nitrogens with zero attached hydrogens (tertiary/aromatic N) is 1. The third-order valence-corrected chi connectivity index (χ3v) is 2.63. The SMILES string of the molecule is O=[N+]([O-])c1cc(NCc2cc(F)ccc2F)ccc1F. The molecule has 0 aromatic heterocycles.